The molecule has 1 saturated heterocycles. The molecule has 1 fully saturated rings. The molecule has 2 aromatic rings. The molecule has 4 rings (SSSR count). The van der Waals surface area contributed by atoms with Crippen molar-refractivity contribution in [3.8, 4) is 0 Å². The maximum absolute atomic E-state index is 13.2. The number of sulfonamides is 1. The Balaban J connectivity index is 1.59. The zero-order valence-electron chi connectivity index (χ0n) is 16.2. The van der Waals surface area contributed by atoms with Gasteiger partial charge in [0, 0.05) is 16.7 Å². The van der Waals surface area contributed by atoms with Crippen molar-refractivity contribution in [1.82, 2.24) is 4.31 Å². The van der Waals surface area contributed by atoms with Gasteiger partial charge < -0.3 is 5.32 Å². The van der Waals surface area contributed by atoms with Crippen LogP contribution in [0.1, 0.15) is 43.2 Å². The summed E-state index contributed by atoms with van der Waals surface area (Å²) in [6.45, 7) is 0.364. The Morgan fingerprint density at radius 2 is 1.76 bits per heavy atom. The Hall–Kier alpha value is -1.70. The number of aryl methyl sites for hydroxylation is 1. The van der Waals surface area contributed by atoms with E-state index in [9.17, 15) is 13.2 Å². The van der Waals surface area contributed by atoms with E-state index in [-0.39, 0.29) is 10.8 Å². The number of rotatable bonds is 4. The highest BCUT2D eigenvalue weighted by atomic mass is 79.9. The Morgan fingerprint density at radius 3 is 2.55 bits per heavy atom. The third-order valence-corrected chi connectivity index (χ3v) is 8.28. The number of halogens is 1. The van der Waals surface area contributed by atoms with E-state index in [0.717, 1.165) is 42.3 Å². The third-order valence-electron chi connectivity index (χ3n) is 5.83. The van der Waals surface area contributed by atoms with E-state index in [4.69, 9.17) is 0 Å². The number of piperidine rings is 1. The van der Waals surface area contributed by atoms with Crippen LogP contribution in [0.3, 0.4) is 0 Å². The molecule has 154 valence electrons. The second-order valence-electron chi connectivity index (χ2n) is 7.72. The van der Waals surface area contributed by atoms with E-state index in [0.29, 0.717) is 13.0 Å². The number of hydrogen-bond acceptors (Lipinski definition) is 3. The molecule has 1 atom stereocenters. The lowest BCUT2D eigenvalue weighted by molar-refractivity contribution is -0.120. The number of carbonyl (C=O) groups excluding carboxylic acids is 1. The minimum atomic E-state index is -3.73. The van der Waals surface area contributed by atoms with E-state index in [1.54, 1.807) is 24.3 Å². The number of benzene rings is 2. The highest BCUT2D eigenvalue weighted by molar-refractivity contribution is 9.10. The summed E-state index contributed by atoms with van der Waals surface area (Å²) in [4.78, 5) is 13.4. The number of amides is 1. The zero-order valence-corrected chi connectivity index (χ0v) is 18.6. The summed E-state index contributed by atoms with van der Waals surface area (Å²) in [7, 11) is -3.73. The van der Waals surface area contributed by atoms with Crippen molar-refractivity contribution in [2.45, 2.75) is 55.9 Å². The van der Waals surface area contributed by atoms with Crippen LogP contribution in [0, 0.1) is 0 Å². The van der Waals surface area contributed by atoms with Crippen LogP contribution in [-0.4, -0.2) is 31.2 Å². The van der Waals surface area contributed by atoms with Crippen molar-refractivity contribution in [3.63, 3.8) is 0 Å². The summed E-state index contributed by atoms with van der Waals surface area (Å²) >= 11 is 3.34. The second kappa shape index (κ2) is 8.58. The van der Waals surface area contributed by atoms with E-state index < -0.39 is 16.1 Å². The maximum atomic E-state index is 13.2. The normalized spacial score (nSPS) is 20.1. The van der Waals surface area contributed by atoms with Gasteiger partial charge in [-0.3, -0.25) is 4.79 Å². The molecule has 29 heavy (non-hydrogen) atoms. The van der Waals surface area contributed by atoms with Crippen LogP contribution in [0.4, 0.5) is 5.69 Å². The van der Waals surface area contributed by atoms with Crippen LogP contribution in [0.25, 0.3) is 0 Å². The standard InChI is InChI=1S/C22H25BrN2O3S/c23-17-11-13-18(14-12-17)29(27,28)25-15-4-3-10-21(25)22(26)24-20-9-5-7-16-6-1-2-8-19(16)20/h5,7,9,11-14,21H,1-4,6,8,10,15H2,(H,24,26)/t21-/m1/s1. The fraction of sp³-hybridized carbons (Fsp3) is 0.409. The monoisotopic (exact) mass is 476 g/mol. The highest BCUT2D eigenvalue weighted by Gasteiger charge is 2.37. The molecule has 0 unspecified atom stereocenters. The second-order valence-corrected chi connectivity index (χ2v) is 10.5. The Labute approximate surface area is 180 Å². The van der Waals surface area contributed by atoms with Gasteiger partial charge in [-0.2, -0.15) is 4.31 Å². The molecular formula is C22H25BrN2O3S. The summed E-state index contributed by atoms with van der Waals surface area (Å²) in [6.07, 6.45) is 6.43. The number of hydrogen-bond donors (Lipinski definition) is 1. The predicted molar refractivity (Wildman–Crippen MR) is 117 cm³/mol. The van der Waals surface area contributed by atoms with Gasteiger partial charge in [0.1, 0.15) is 6.04 Å². The van der Waals surface area contributed by atoms with Crippen molar-refractivity contribution in [2.75, 3.05) is 11.9 Å². The maximum Gasteiger partial charge on any atom is 0.243 e. The lowest BCUT2D eigenvalue weighted by Gasteiger charge is -2.34. The molecular weight excluding hydrogens is 452 g/mol. The fourth-order valence-corrected chi connectivity index (χ4v) is 6.23. The first-order chi connectivity index (χ1) is 14.0. The van der Waals surface area contributed by atoms with Gasteiger partial charge in [0.2, 0.25) is 15.9 Å². The van der Waals surface area contributed by atoms with Gasteiger partial charge in [-0.25, -0.2) is 8.42 Å². The van der Waals surface area contributed by atoms with E-state index in [1.165, 1.54) is 21.9 Å². The predicted octanol–water partition coefficient (Wildman–Crippen LogP) is 4.51. The average molecular weight is 477 g/mol. The van der Waals surface area contributed by atoms with Gasteiger partial charge in [-0.05, 0) is 80.0 Å². The molecule has 1 heterocycles. The van der Waals surface area contributed by atoms with E-state index in [2.05, 4.69) is 27.3 Å². The van der Waals surface area contributed by atoms with Gasteiger partial charge in [-0.1, -0.05) is 34.5 Å². The largest absolute Gasteiger partial charge is 0.324 e. The molecule has 0 spiro atoms. The average Bonchev–Trinajstić information content (AvgIpc) is 2.74. The number of anilines is 1. The first kappa shape index (κ1) is 20.6. The summed E-state index contributed by atoms with van der Waals surface area (Å²) in [5, 5.41) is 3.05. The molecule has 1 amide bonds. The van der Waals surface area contributed by atoms with Gasteiger partial charge in [0.15, 0.2) is 0 Å². The van der Waals surface area contributed by atoms with Crippen LogP contribution >= 0.6 is 15.9 Å². The Morgan fingerprint density at radius 1 is 1.00 bits per heavy atom. The smallest absolute Gasteiger partial charge is 0.243 e. The first-order valence-corrected chi connectivity index (χ1v) is 12.4. The molecule has 5 nitrogen and oxygen atoms in total. The van der Waals surface area contributed by atoms with E-state index in [1.807, 2.05) is 12.1 Å². The first-order valence-electron chi connectivity index (χ1n) is 10.2. The lowest BCUT2D eigenvalue weighted by Crippen LogP contribution is -2.49. The summed E-state index contributed by atoms with van der Waals surface area (Å²) < 4.78 is 28.7. The summed E-state index contributed by atoms with van der Waals surface area (Å²) in [5.41, 5.74) is 3.32. The van der Waals surface area contributed by atoms with Crippen molar-refractivity contribution >= 4 is 37.5 Å². The van der Waals surface area contributed by atoms with Crippen molar-refractivity contribution < 1.29 is 13.2 Å². The van der Waals surface area contributed by atoms with Gasteiger partial charge in [0.05, 0.1) is 4.90 Å². The minimum absolute atomic E-state index is 0.220. The van der Waals surface area contributed by atoms with Gasteiger partial charge in [0.25, 0.3) is 0 Å². The van der Waals surface area contributed by atoms with Crippen LogP contribution in [-0.2, 0) is 27.7 Å². The highest BCUT2D eigenvalue weighted by Crippen LogP contribution is 2.30. The molecule has 1 N–H and O–H groups in total. The quantitative estimate of drug-likeness (QED) is 0.705. The molecule has 2 aromatic carbocycles. The fourth-order valence-electron chi connectivity index (χ4n) is 4.31. The topological polar surface area (TPSA) is 66.5 Å². The summed E-state index contributed by atoms with van der Waals surface area (Å²) in [6, 6.07) is 11.9. The molecule has 1 aliphatic carbocycles. The number of carbonyl (C=O) groups is 1. The van der Waals surface area contributed by atoms with Crippen LogP contribution in [0.2, 0.25) is 0 Å². The molecule has 0 bridgehead atoms. The van der Waals surface area contributed by atoms with Crippen LogP contribution in [0.5, 0.6) is 0 Å². The van der Waals surface area contributed by atoms with Crippen molar-refractivity contribution in [2.24, 2.45) is 0 Å². The third kappa shape index (κ3) is 4.27. The van der Waals surface area contributed by atoms with Crippen LogP contribution < -0.4 is 5.32 Å². The number of nitrogens with one attached hydrogen (secondary N) is 1. The lowest BCUT2D eigenvalue weighted by atomic mass is 9.90. The molecule has 1 aliphatic heterocycles. The zero-order chi connectivity index (χ0) is 20.4. The summed E-state index contributed by atoms with van der Waals surface area (Å²) in [5.74, 6) is -0.232. The molecule has 2 aliphatic rings. The van der Waals surface area contributed by atoms with Gasteiger partial charge >= 0.3 is 0 Å². The minimum Gasteiger partial charge on any atom is -0.324 e. The molecule has 7 heteroatoms. The van der Waals surface area contributed by atoms with E-state index >= 15 is 0 Å². The van der Waals surface area contributed by atoms with Gasteiger partial charge in [-0.15, -0.1) is 0 Å². The Kier molecular flexibility index (Phi) is 6.08. The Bertz CT molecular complexity index is 1010. The number of fused-ring (bicyclic) bond motifs is 1. The molecule has 0 saturated carbocycles. The van der Waals surface area contributed by atoms with Crippen molar-refractivity contribution in [1.29, 1.82) is 0 Å². The SMILES string of the molecule is O=C(Nc1cccc2c1CCCC2)[C@H]1CCCCN1S(=O)(=O)c1ccc(Br)cc1. The molecule has 0 aromatic heterocycles. The van der Waals surface area contributed by atoms with Crippen LogP contribution in [0.15, 0.2) is 51.8 Å². The van der Waals surface area contributed by atoms with Crippen molar-refractivity contribution in [3.05, 3.63) is 58.1 Å². The number of nitrogens with zero attached hydrogens (tertiary/aromatic N) is 1. The molecule has 0 radical (unpaired) electrons.